The van der Waals surface area contributed by atoms with Crippen molar-refractivity contribution in [3.8, 4) is 22.6 Å². The zero-order chi connectivity index (χ0) is 24.8. The first-order valence-electron chi connectivity index (χ1n) is 11.1. The minimum absolute atomic E-state index is 0.119. The third kappa shape index (κ3) is 5.06. The number of hydrogen-bond acceptors (Lipinski definition) is 6. The van der Waals surface area contributed by atoms with Crippen molar-refractivity contribution in [3.05, 3.63) is 90.1 Å². The highest BCUT2D eigenvalue weighted by Crippen LogP contribution is 2.39. The van der Waals surface area contributed by atoms with Gasteiger partial charge in [0.2, 0.25) is 0 Å². The number of amides is 1. The van der Waals surface area contributed by atoms with E-state index in [0.717, 1.165) is 11.1 Å². The quantitative estimate of drug-likeness (QED) is 0.334. The van der Waals surface area contributed by atoms with Crippen molar-refractivity contribution >= 4 is 17.6 Å². The second-order valence-corrected chi connectivity index (χ2v) is 7.60. The first kappa shape index (κ1) is 23.7. The molecule has 0 spiro atoms. The van der Waals surface area contributed by atoms with E-state index in [1.807, 2.05) is 42.6 Å². The fourth-order valence-electron chi connectivity index (χ4n) is 3.81. The van der Waals surface area contributed by atoms with E-state index in [1.54, 1.807) is 50.0 Å². The molecule has 0 unspecified atom stereocenters. The lowest BCUT2D eigenvalue weighted by molar-refractivity contribution is 0.0515. The van der Waals surface area contributed by atoms with Gasteiger partial charge in [-0.05, 0) is 42.3 Å². The Morgan fingerprint density at radius 1 is 0.971 bits per heavy atom. The van der Waals surface area contributed by atoms with E-state index in [1.165, 1.54) is 6.26 Å². The smallest absolute Gasteiger partial charge is 0.357 e. The van der Waals surface area contributed by atoms with Crippen LogP contribution in [0.5, 0.6) is 11.5 Å². The predicted molar refractivity (Wildman–Crippen MR) is 131 cm³/mol. The van der Waals surface area contributed by atoms with Gasteiger partial charge in [-0.3, -0.25) is 4.79 Å². The number of nitrogens with zero attached hydrogens (tertiary/aromatic N) is 1. The molecule has 4 rings (SSSR count). The van der Waals surface area contributed by atoms with Gasteiger partial charge in [-0.2, -0.15) is 0 Å². The Labute approximate surface area is 203 Å². The van der Waals surface area contributed by atoms with Crippen molar-refractivity contribution in [2.45, 2.75) is 13.5 Å². The highest BCUT2D eigenvalue weighted by molar-refractivity contribution is 6.09. The van der Waals surface area contributed by atoms with Gasteiger partial charge in [-0.15, -0.1) is 0 Å². The highest BCUT2D eigenvalue weighted by atomic mass is 16.5. The zero-order valence-corrected chi connectivity index (χ0v) is 19.7. The number of rotatable bonds is 9. The van der Waals surface area contributed by atoms with E-state index in [0.29, 0.717) is 29.3 Å². The van der Waals surface area contributed by atoms with Gasteiger partial charge in [-0.1, -0.05) is 36.4 Å². The van der Waals surface area contributed by atoms with Gasteiger partial charge in [-0.25, -0.2) is 4.79 Å². The molecule has 8 nitrogen and oxygen atoms in total. The first-order chi connectivity index (χ1) is 17.0. The summed E-state index contributed by atoms with van der Waals surface area (Å²) < 4.78 is 23.2. The highest BCUT2D eigenvalue weighted by Gasteiger charge is 2.27. The molecule has 4 aromatic rings. The van der Waals surface area contributed by atoms with Crippen LogP contribution in [0.2, 0.25) is 0 Å². The molecule has 0 fully saturated rings. The summed E-state index contributed by atoms with van der Waals surface area (Å²) in [5.41, 5.74) is 2.85. The fourth-order valence-corrected chi connectivity index (χ4v) is 3.81. The van der Waals surface area contributed by atoms with Crippen LogP contribution in [-0.4, -0.2) is 37.3 Å². The monoisotopic (exact) mass is 474 g/mol. The van der Waals surface area contributed by atoms with Gasteiger partial charge in [0, 0.05) is 18.3 Å². The Balaban J connectivity index is 1.89. The molecule has 0 saturated heterocycles. The number of anilines is 1. The molecule has 2 aromatic carbocycles. The minimum Gasteiger partial charge on any atom is -0.493 e. The molecule has 8 heteroatoms. The number of benzene rings is 2. The molecule has 35 heavy (non-hydrogen) atoms. The Bertz CT molecular complexity index is 1310. The second-order valence-electron chi connectivity index (χ2n) is 7.60. The largest absolute Gasteiger partial charge is 0.493 e. The van der Waals surface area contributed by atoms with Crippen molar-refractivity contribution in [1.29, 1.82) is 0 Å². The van der Waals surface area contributed by atoms with Crippen molar-refractivity contribution in [2.24, 2.45) is 0 Å². The normalized spacial score (nSPS) is 10.6. The van der Waals surface area contributed by atoms with Crippen LogP contribution in [0.4, 0.5) is 5.69 Å². The third-order valence-electron chi connectivity index (χ3n) is 5.42. The number of esters is 1. The van der Waals surface area contributed by atoms with Crippen molar-refractivity contribution < 1.29 is 28.2 Å². The predicted octanol–water partition coefficient (Wildman–Crippen LogP) is 5.24. The average molecular weight is 475 g/mol. The summed E-state index contributed by atoms with van der Waals surface area (Å²) in [6.45, 7) is 2.32. The van der Waals surface area contributed by atoms with E-state index >= 15 is 0 Å². The van der Waals surface area contributed by atoms with Crippen molar-refractivity contribution in [1.82, 2.24) is 4.57 Å². The molecule has 180 valence electrons. The van der Waals surface area contributed by atoms with Crippen LogP contribution in [0.15, 0.2) is 77.5 Å². The lowest BCUT2D eigenvalue weighted by Gasteiger charge is -2.12. The maximum Gasteiger partial charge on any atom is 0.357 e. The third-order valence-corrected chi connectivity index (χ3v) is 5.42. The van der Waals surface area contributed by atoms with E-state index in [2.05, 4.69) is 5.32 Å². The summed E-state index contributed by atoms with van der Waals surface area (Å²) in [7, 11) is 3.10. The maximum absolute atomic E-state index is 13.2. The summed E-state index contributed by atoms with van der Waals surface area (Å²) in [5, 5.41) is 2.87. The number of methoxy groups -OCH3 is 2. The molecule has 1 N–H and O–H groups in total. The molecule has 1 amide bonds. The molecular formula is C27H26N2O6. The molecule has 0 bridgehead atoms. The van der Waals surface area contributed by atoms with E-state index < -0.39 is 11.9 Å². The number of hydrogen-bond donors (Lipinski definition) is 1. The van der Waals surface area contributed by atoms with E-state index in [9.17, 15) is 9.59 Å². The molecule has 0 aliphatic rings. The summed E-state index contributed by atoms with van der Waals surface area (Å²) in [6.07, 6.45) is 3.23. The van der Waals surface area contributed by atoms with Crippen LogP contribution in [0, 0.1) is 0 Å². The van der Waals surface area contributed by atoms with E-state index in [-0.39, 0.29) is 18.1 Å². The summed E-state index contributed by atoms with van der Waals surface area (Å²) >= 11 is 0. The van der Waals surface area contributed by atoms with Gasteiger partial charge in [0.15, 0.2) is 23.0 Å². The molecule has 0 saturated carbocycles. The lowest BCUT2D eigenvalue weighted by Crippen LogP contribution is -2.18. The van der Waals surface area contributed by atoms with Gasteiger partial charge in [0.25, 0.3) is 5.91 Å². The van der Waals surface area contributed by atoms with Crippen LogP contribution in [0.3, 0.4) is 0 Å². The van der Waals surface area contributed by atoms with Crippen LogP contribution in [-0.2, 0) is 11.3 Å². The molecule has 2 aromatic heterocycles. The Morgan fingerprint density at radius 2 is 1.74 bits per heavy atom. The Hall–Kier alpha value is -4.46. The SMILES string of the molecule is CCOC(=O)c1c(NC(=O)c2ccco2)c(-c2ccc(OC)c(OC)c2)cn1Cc1ccccc1. The van der Waals surface area contributed by atoms with Crippen molar-refractivity contribution in [3.63, 3.8) is 0 Å². The second kappa shape index (κ2) is 10.6. The molecule has 0 radical (unpaired) electrons. The van der Waals surface area contributed by atoms with Crippen LogP contribution < -0.4 is 14.8 Å². The van der Waals surface area contributed by atoms with Crippen LogP contribution in [0.1, 0.15) is 33.5 Å². The van der Waals surface area contributed by atoms with Crippen LogP contribution >= 0.6 is 0 Å². The number of carbonyl (C=O) groups is 2. The number of furan rings is 1. The lowest BCUT2D eigenvalue weighted by atomic mass is 10.1. The Morgan fingerprint density at radius 3 is 2.40 bits per heavy atom. The van der Waals surface area contributed by atoms with E-state index in [4.69, 9.17) is 18.6 Å². The summed E-state index contributed by atoms with van der Waals surface area (Å²) in [6, 6.07) is 18.3. The van der Waals surface area contributed by atoms with Crippen molar-refractivity contribution in [2.75, 3.05) is 26.1 Å². The first-order valence-corrected chi connectivity index (χ1v) is 11.1. The number of carbonyl (C=O) groups excluding carboxylic acids is 2. The molecule has 0 aliphatic heterocycles. The molecule has 0 atom stereocenters. The minimum atomic E-state index is -0.551. The molecular weight excluding hydrogens is 448 g/mol. The topological polar surface area (TPSA) is 91.9 Å². The summed E-state index contributed by atoms with van der Waals surface area (Å²) in [4.78, 5) is 26.1. The summed E-state index contributed by atoms with van der Waals surface area (Å²) in [5.74, 6) is 0.159. The van der Waals surface area contributed by atoms with Gasteiger partial charge in [0.1, 0.15) is 0 Å². The van der Waals surface area contributed by atoms with Crippen LogP contribution in [0.25, 0.3) is 11.1 Å². The average Bonchev–Trinajstić information content (AvgIpc) is 3.53. The zero-order valence-electron chi connectivity index (χ0n) is 19.7. The molecule has 2 heterocycles. The standard InChI is InChI=1S/C27H26N2O6/c1-4-34-27(31)25-24(28-26(30)22-11-8-14-35-22)20(17-29(25)16-18-9-6-5-7-10-18)19-12-13-21(32-2)23(15-19)33-3/h5-15,17H,4,16H2,1-3H3,(H,28,30). The molecule has 0 aliphatic carbocycles. The number of nitrogens with one attached hydrogen (secondary N) is 1. The fraction of sp³-hybridized carbons (Fsp3) is 0.185. The maximum atomic E-state index is 13.2. The van der Waals surface area contributed by atoms with Gasteiger partial charge < -0.3 is 28.5 Å². The Kier molecular flexibility index (Phi) is 7.21. The number of ether oxygens (including phenoxy) is 3. The number of aromatic nitrogens is 1. The van der Waals surface area contributed by atoms with Gasteiger partial charge in [0.05, 0.1) is 32.8 Å². The van der Waals surface area contributed by atoms with Gasteiger partial charge >= 0.3 is 5.97 Å².